The van der Waals surface area contributed by atoms with Crippen LogP contribution in [-0.4, -0.2) is 24.5 Å². The van der Waals surface area contributed by atoms with E-state index in [0.29, 0.717) is 24.2 Å². The van der Waals surface area contributed by atoms with Crippen molar-refractivity contribution in [3.05, 3.63) is 84.4 Å². The minimum Gasteiger partial charge on any atom is -0.491 e. The van der Waals surface area contributed by atoms with Crippen LogP contribution < -0.4 is 20.7 Å². The molecule has 172 valence electrons. The molecule has 0 fully saturated rings. The van der Waals surface area contributed by atoms with Crippen molar-refractivity contribution in [3.8, 4) is 5.75 Å². The summed E-state index contributed by atoms with van der Waals surface area (Å²) in [6, 6.07) is 24.6. The van der Waals surface area contributed by atoms with E-state index in [2.05, 4.69) is 22.9 Å². The van der Waals surface area contributed by atoms with E-state index < -0.39 is 0 Å². The number of nitrogens with one attached hydrogen (secondary N) is 3. The fourth-order valence-corrected chi connectivity index (χ4v) is 3.12. The Morgan fingerprint density at radius 2 is 1.36 bits per heavy atom. The van der Waals surface area contributed by atoms with E-state index in [1.165, 1.54) is 0 Å². The Balaban J connectivity index is 1.40. The molecule has 3 aromatic rings. The van der Waals surface area contributed by atoms with Crippen molar-refractivity contribution in [1.82, 2.24) is 0 Å². The second-order valence-corrected chi connectivity index (χ2v) is 7.87. The number of carbonyl (C=O) groups excluding carboxylic acids is 2. The SMILES string of the molecule is CCC(C)Oc1ccc(NCC(=O)Nc2ccc(NC(=O)CCc3ccccc3)cc2)cc1. The largest absolute Gasteiger partial charge is 0.491 e. The van der Waals surface area contributed by atoms with Crippen molar-refractivity contribution in [1.29, 1.82) is 0 Å². The number of benzene rings is 3. The molecule has 3 rings (SSSR count). The molecule has 1 unspecified atom stereocenters. The molecule has 1 atom stereocenters. The van der Waals surface area contributed by atoms with Gasteiger partial charge in [0.05, 0.1) is 12.6 Å². The molecule has 0 bridgehead atoms. The molecule has 0 spiro atoms. The van der Waals surface area contributed by atoms with Gasteiger partial charge in [-0.25, -0.2) is 0 Å². The quantitative estimate of drug-likeness (QED) is 0.365. The predicted octanol–water partition coefficient (Wildman–Crippen LogP) is 5.49. The minimum absolute atomic E-state index is 0.0413. The number of amides is 2. The van der Waals surface area contributed by atoms with Gasteiger partial charge in [0, 0.05) is 23.5 Å². The molecule has 3 aromatic carbocycles. The smallest absolute Gasteiger partial charge is 0.243 e. The van der Waals surface area contributed by atoms with Crippen molar-refractivity contribution in [2.24, 2.45) is 0 Å². The standard InChI is InChI=1S/C27H31N3O3/c1-3-20(2)33-25-16-14-22(15-17-25)28-19-27(32)30-24-12-10-23(11-13-24)29-26(31)18-9-21-7-5-4-6-8-21/h4-8,10-17,20,28H,3,9,18-19H2,1-2H3,(H,29,31)(H,30,32). The highest BCUT2D eigenvalue weighted by Crippen LogP contribution is 2.18. The third-order valence-electron chi connectivity index (χ3n) is 5.16. The van der Waals surface area contributed by atoms with Gasteiger partial charge in [0.15, 0.2) is 0 Å². The normalized spacial score (nSPS) is 11.3. The average molecular weight is 446 g/mol. The fourth-order valence-electron chi connectivity index (χ4n) is 3.12. The van der Waals surface area contributed by atoms with Crippen LogP contribution in [0, 0.1) is 0 Å². The zero-order valence-electron chi connectivity index (χ0n) is 19.1. The Bertz CT molecular complexity index is 1020. The van der Waals surface area contributed by atoms with Gasteiger partial charge < -0.3 is 20.7 Å². The first-order valence-electron chi connectivity index (χ1n) is 11.3. The van der Waals surface area contributed by atoms with Crippen molar-refractivity contribution in [3.63, 3.8) is 0 Å². The van der Waals surface area contributed by atoms with Crippen molar-refractivity contribution in [2.45, 2.75) is 39.2 Å². The van der Waals surface area contributed by atoms with Gasteiger partial charge in [-0.3, -0.25) is 9.59 Å². The highest BCUT2D eigenvalue weighted by atomic mass is 16.5. The first-order valence-corrected chi connectivity index (χ1v) is 11.3. The van der Waals surface area contributed by atoms with E-state index in [0.717, 1.165) is 23.4 Å². The lowest BCUT2D eigenvalue weighted by atomic mass is 10.1. The first-order chi connectivity index (χ1) is 16.0. The molecule has 0 aliphatic carbocycles. The third kappa shape index (κ3) is 8.33. The molecular weight excluding hydrogens is 414 g/mol. The predicted molar refractivity (Wildman–Crippen MR) is 134 cm³/mol. The van der Waals surface area contributed by atoms with Crippen LogP contribution in [0.4, 0.5) is 17.1 Å². The monoisotopic (exact) mass is 445 g/mol. The number of carbonyl (C=O) groups is 2. The molecule has 3 N–H and O–H groups in total. The van der Waals surface area contributed by atoms with E-state index in [9.17, 15) is 9.59 Å². The van der Waals surface area contributed by atoms with Crippen LogP contribution in [0.25, 0.3) is 0 Å². The zero-order chi connectivity index (χ0) is 23.5. The lowest BCUT2D eigenvalue weighted by Gasteiger charge is -2.13. The van der Waals surface area contributed by atoms with E-state index in [-0.39, 0.29) is 24.5 Å². The molecule has 33 heavy (non-hydrogen) atoms. The van der Waals surface area contributed by atoms with Crippen molar-refractivity contribution >= 4 is 28.9 Å². The van der Waals surface area contributed by atoms with Gasteiger partial charge >= 0.3 is 0 Å². The van der Waals surface area contributed by atoms with E-state index >= 15 is 0 Å². The molecule has 0 saturated heterocycles. The molecule has 0 aliphatic heterocycles. The summed E-state index contributed by atoms with van der Waals surface area (Å²) in [6.07, 6.45) is 2.23. The Hall–Kier alpha value is -3.80. The molecule has 0 saturated carbocycles. The summed E-state index contributed by atoms with van der Waals surface area (Å²) in [7, 11) is 0. The number of hydrogen-bond acceptors (Lipinski definition) is 4. The molecule has 6 nitrogen and oxygen atoms in total. The van der Waals surface area contributed by atoms with Gasteiger partial charge in [0.2, 0.25) is 11.8 Å². The summed E-state index contributed by atoms with van der Waals surface area (Å²) < 4.78 is 5.76. The number of rotatable bonds is 11. The number of aryl methyl sites for hydroxylation is 1. The number of ether oxygens (including phenoxy) is 1. The van der Waals surface area contributed by atoms with Gasteiger partial charge in [0.1, 0.15) is 5.75 Å². The fraction of sp³-hybridized carbons (Fsp3) is 0.259. The number of anilines is 3. The molecule has 0 aromatic heterocycles. The van der Waals surface area contributed by atoms with Gasteiger partial charge in [-0.05, 0) is 73.9 Å². The lowest BCUT2D eigenvalue weighted by Crippen LogP contribution is -2.21. The summed E-state index contributed by atoms with van der Waals surface area (Å²) in [5.74, 6) is 0.613. The summed E-state index contributed by atoms with van der Waals surface area (Å²) in [4.78, 5) is 24.4. The Kier molecular flexibility index (Phi) is 8.88. The van der Waals surface area contributed by atoms with Gasteiger partial charge in [0.25, 0.3) is 0 Å². The minimum atomic E-state index is -0.158. The van der Waals surface area contributed by atoms with Gasteiger partial charge in [-0.1, -0.05) is 37.3 Å². The van der Waals surface area contributed by atoms with Crippen LogP contribution in [-0.2, 0) is 16.0 Å². The maximum Gasteiger partial charge on any atom is 0.243 e. The summed E-state index contributed by atoms with van der Waals surface area (Å²) in [5.41, 5.74) is 3.34. The zero-order valence-corrected chi connectivity index (χ0v) is 19.1. The third-order valence-corrected chi connectivity index (χ3v) is 5.16. The van der Waals surface area contributed by atoms with E-state index in [4.69, 9.17) is 4.74 Å². The molecule has 6 heteroatoms. The highest BCUT2D eigenvalue weighted by molar-refractivity contribution is 5.94. The van der Waals surface area contributed by atoms with Crippen molar-refractivity contribution in [2.75, 3.05) is 22.5 Å². The summed E-state index contributed by atoms with van der Waals surface area (Å²) >= 11 is 0. The maximum absolute atomic E-state index is 12.3. The highest BCUT2D eigenvalue weighted by Gasteiger charge is 2.06. The van der Waals surface area contributed by atoms with E-state index in [1.54, 1.807) is 24.3 Å². The Morgan fingerprint density at radius 1 is 0.788 bits per heavy atom. The molecular formula is C27H31N3O3. The molecule has 2 amide bonds. The van der Waals surface area contributed by atoms with Crippen molar-refractivity contribution < 1.29 is 14.3 Å². The Labute approximate surface area is 195 Å². The second kappa shape index (κ2) is 12.3. The van der Waals surface area contributed by atoms with E-state index in [1.807, 2.05) is 61.5 Å². The van der Waals surface area contributed by atoms with Crippen LogP contribution in [0.3, 0.4) is 0 Å². The molecule has 0 aliphatic rings. The maximum atomic E-state index is 12.3. The summed E-state index contributed by atoms with van der Waals surface area (Å²) in [6.45, 7) is 4.25. The molecule has 0 heterocycles. The Morgan fingerprint density at radius 3 is 1.97 bits per heavy atom. The van der Waals surface area contributed by atoms with Crippen LogP contribution in [0.2, 0.25) is 0 Å². The summed E-state index contributed by atoms with van der Waals surface area (Å²) in [5, 5.41) is 8.83. The second-order valence-electron chi connectivity index (χ2n) is 7.87. The number of hydrogen-bond donors (Lipinski definition) is 3. The molecule has 0 radical (unpaired) electrons. The topological polar surface area (TPSA) is 79.5 Å². The van der Waals surface area contributed by atoms with Crippen LogP contribution in [0.15, 0.2) is 78.9 Å². The van der Waals surface area contributed by atoms with Gasteiger partial charge in [-0.2, -0.15) is 0 Å². The van der Waals surface area contributed by atoms with Gasteiger partial charge in [-0.15, -0.1) is 0 Å². The van der Waals surface area contributed by atoms with Crippen LogP contribution in [0.5, 0.6) is 5.75 Å². The van der Waals surface area contributed by atoms with Crippen LogP contribution in [0.1, 0.15) is 32.3 Å². The first kappa shape index (κ1) is 23.9. The average Bonchev–Trinajstić information content (AvgIpc) is 2.84. The van der Waals surface area contributed by atoms with Crippen LogP contribution >= 0.6 is 0 Å². The lowest BCUT2D eigenvalue weighted by molar-refractivity contribution is -0.116.